The monoisotopic (exact) mass is 343 g/mol. The number of imidazole rings is 1. The second-order valence-corrected chi connectivity index (χ2v) is 5.24. The van der Waals surface area contributed by atoms with Crippen LogP contribution in [0.4, 0.5) is 5.95 Å². The molecule has 0 saturated heterocycles. The summed E-state index contributed by atoms with van der Waals surface area (Å²) < 4.78 is 3.11. The van der Waals surface area contributed by atoms with E-state index in [0.29, 0.717) is 6.04 Å². The summed E-state index contributed by atoms with van der Waals surface area (Å²) >= 11 is 2.21. The molecule has 0 aliphatic heterocycles. The van der Waals surface area contributed by atoms with Crippen molar-refractivity contribution in [2.24, 2.45) is 0 Å². The van der Waals surface area contributed by atoms with E-state index in [1.807, 2.05) is 13.1 Å². The van der Waals surface area contributed by atoms with Crippen molar-refractivity contribution in [2.75, 3.05) is 5.73 Å². The maximum atomic E-state index is 5.64. The Kier molecular flexibility index (Phi) is 3.32. The summed E-state index contributed by atoms with van der Waals surface area (Å²) in [5.41, 5.74) is 7.47. The van der Waals surface area contributed by atoms with Crippen LogP contribution in [-0.4, -0.2) is 19.5 Å². The predicted octanol–water partition coefficient (Wildman–Crippen LogP) is 2.42. The summed E-state index contributed by atoms with van der Waals surface area (Å²) in [7, 11) is 0. The molecule has 6 heteroatoms. The van der Waals surface area contributed by atoms with Crippen molar-refractivity contribution >= 4 is 28.5 Å². The van der Waals surface area contributed by atoms with Gasteiger partial charge in [0.15, 0.2) is 0 Å². The first-order valence-corrected chi connectivity index (χ1v) is 6.40. The van der Waals surface area contributed by atoms with Gasteiger partial charge in [-0.05, 0) is 43.4 Å². The first kappa shape index (κ1) is 12.3. The Balaban J connectivity index is 2.64. The third-order valence-electron chi connectivity index (χ3n) is 2.50. The number of nitrogens with two attached hydrogens (primary N) is 1. The van der Waals surface area contributed by atoms with Crippen LogP contribution in [0.3, 0.4) is 0 Å². The third-order valence-corrected chi connectivity index (χ3v) is 3.29. The Hall–Kier alpha value is -1.18. The van der Waals surface area contributed by atoms with Crippen LogP contribution >= 0.6 is 22.6 Å². The topological polar surface area (TPSA) is 69.6 Å². The Morgan fingerprint density at radius 2 is 2.00 bits per heavy atom. The van der Waals surface area contributed by atoms with Crippen LogP contribution in [0.25, 0.3) is 11.4 Å². The quantitative estimate of drug-likeness (QED) is 0.851. The number of aryl methyl sites for hydroxylation is 1. The molecule has 0 bridgehead atoms. The average Bonchev–Trinajstić information content (AvgIpc) is 2.64. The molecular weight excluding hydrogens is 329 g/mol. The van der Waals surface area contributed by atoms with Crippen LogP contribution in [-0.2, 0) is 0 Å². The SMILES string of the molecule is Cc1ncc(-c2nc(N)ncc2I)n1C(C)C. The summed E-state index contributed by atoms with van der Waals surface area (Å²) in [5, 5.41) is 0. The molecule has 2 heterocycles. The molecule has 0 aliphatic carbocycles. The van der Waals surface area contributed by atoms with E-state index in [-0.39, 0.29) is 5.95 Å². The lowest BCUT2D eigenvalue weighted by Crippen LogP contribution is -2.07. The fourth-order valence-electron chi connectivity index (χ4n) is 1.84. The van der Waals surface area contributed by atoms with Crippen LogP contribution in [0.5, 0.6) is 0 Å². The van der Waals surface area contributed by atoms with Crippen LogP contribution in [0, 0.1) is 10.5 Å². The lowest BCUT2D eigenvalue weighted by molar-refractivity contribution is 0.587. The van der Waals surface area contributed by atoms with Crippen molar-refractivity contribution in [3.63, 3.8) is 0 Å². The first-order chi connectivity index (χ1) is 8.00. The van der Waals surface area contributed by atoms with Crippen molar-refractivity contribution < 1.29 is 0 Å². The number of hydrogen-bond acceptors (Lipinski definition) is 4. The number of anilines is 1. The zero-order chi connectivity index (χ0) is 12.6. The maximum absolute atomic E-state index is 5.64. The Labute approximate surface area is 114 Å². The Morgan fingerprint density at radius 1 is 1.29 bits per heavy atom. The van der Waals surface area contributed by atoms with E-state index >= 15 is 0 Å². The molecule has 0 spiro atoms. The second kappa shape index (κ2) is 4.59. The summed E-state index contributed by atoms with van der Waals surface area (Å²) in [5.74, 6) is 1.26. The predicted molar refractivity (Wildman–Crippen MR) is 75.5 cm³/mol. The average molecular weight is 343 g/mol. The molecule has 17 heavy (non-hydrogen) atoms. The van der Waals surface area contributed by atoms with Crippen molar-refractivity contribution in [3.8, 4) is 11.4 Å². The van der Waals surface area contributed by atoms with E-state index in [9.17, 15) is 0 Å². The number of hydrogen-bond donors (Lipinski definition) is 1. The van der Waals surface area contributed by atoms with Crippen LogP contribution in [0.2, 0.25) is 0 Å². The highest BCUT2D eigenvalue weighted by Gasteiger charge is 2.15. The molecule has 2 aromatic heterocycles. The number of halogens is 1. The molecule has 0 radical (unpaired) electrons. The van der Waals surface area contributed by atoms with E-state index in [4.69, 9.17) is 5.73 Å². The summed E-state index contributed by atoms with van der Waals surface area (Å²) in [6.07, 6.45) is 3.56. The molecule has 5 nitrogen and oxygen atoms in total. The standard InChI is InChI=1S/C11H14IN5/c1-6(2)17-7(3)14-5-9(17)10-8(12)4-15-11(13)16-10/h4-6H,1-3H3,(H2,13,15,16). The van der Waals surface area contributed by atoms with Crippen LogP contribution < -0.4 is 5.73 Å². The molecule has 0 fully saturated rings. The highest BCUT2D eigenvalue weighted by atomic mass is 127. The van der Waals surface area contributed by atoms with Gasteiger partial charge < -0.3 is 10.3 Å². The minimum Gasteiger partial charge on any atom is -0.368 e. The molecule has 0 aromatic carbocycles. The molecular formula is C11H14IN5. The summed E-state index contributed by atoms with van der Waals surface area (Å²) in [6.45, 7) is 6.23. The zero-order valence-electron chi connectivity index (χ0n) is 9.98. The molecule has 0 saturated carbocycles. The fourth-order valence-corrected chi connectivity index (χ4v) is 2.38. The minimum atomic E-state index is 0.287. The zero-order valence-corrected chi connectivity index (χ0v) is 12.1. The number of rotatable bonds is 2. The van der Waals surface area contributed by atoms with Crippen molar-refractivity contribution in [3.05, 3.63) is 21.8 Å². The smallest absolute Gasteiger partial charge is 0.220 e. The van der Waals surface area contributed by atoms with Crippen LogP contribution in [0.1, 0.15) is 25.7 Å². The number of aromatic nitrogens is 4. The minimum absolute atomic E-state index is 0.287. The van der Waals surface area contributed by atoms with Gasteiger partial charge in [-0.25, -0.2) is 15.0 Å². The lowest BCUT2D eigenvalue weighted by atomic mass is 10.2. The van der Waals surface area contributed by atoms with E-state index in [1.165, 1.54) is 0 Å². The molecule has 0 aliphatic rings. The third kappa shape index (κ3) is 2.26. The van der Waals surface area contributed by atoms with Gasteiger partial charge in [0, 0.05) is 12.2 Å². The first-order valence-electron chi connectivity index (χ1n) is 5.33. The van der Waals surface area contributed by atoms with Gasteiger partial charge in [-0.3, -0.25) is 0 Å². The molecule has 0 amide bonds. The molecule has 2 rings (SSSR count). The number of nitrogens with zero attached hydrogens (tertiary/aromatic N) is 4. The molecule has 0 atom stereocenters. The second-order valence-electron chi connectivity index (χ2n) is 4.08. The van der Waals surface area contributed by atoms with Gasteiger partial charge in [0.25, 0.3) is 0 Å². The normalized spacial score (nSPS) is 11.1. The van der Waals surface area contributed by atoms with Gasteiger partial charge >= 0.3 is 0 Å². The summed E-state index contributed by atoms with van der Waals surface area (Å²) in [4.78, 5) is 12.6. The maximum Gasteiger partial charge on any atom is 0.220 e. The van der Waals surface area contributed by atoms with Gasteiger partial charge in [0.1, 0.15) is 11.5 Å². The van der Waals surface area contributed by atoms with Crippen LogP contribution in [0.15, 0.2) is 12.4 Å². The van der Waals surface area contributed by atoms with Crippen molar-refractivity contribution in [2.45, 2.75) is 26.8 Å². The van der Waals surface area contributed by atoms with E-state index in [2.05, 4.69) is 56.0 Å². The van der Waals surface area contributed by atoms with Gasteiger partial charge in [-0.1, -0.05) is 0 Å². The molecule has 2 aromatic rings. The molecule has 2 N–H and O–H groups in total. The van der Waals surface area contributed by atoms with Gasteiger partial charge in [-0.15, -0.1) is 0 Å². The van der Waals surface area contributed by atoms with E-state index in [1.54, 1.807) is 6.20 Å². The highest BCUT2D eigenvalue weighted by Crippen LogP contribution is 2.26. The molecule has 0 unspecified atom stereocenters. The van der Waals surface area contributed by atoms with Crippen molar-refractivity contribution in [1.82, 2.24) is 19.5 Å². The Bertz CT molecular complexity index is 547. The molecule has 90 valence electrons. The fraction of sp³-hybridized carbons (Fsp3) is 0.364. The highest BCUT2D eigenvalue weighted by molar-refractivity contribution is 14.1. The van der Waals surface area contributed by atoms with Crippen molar-refractivity contribution in [1.29, 1.82) is 0 Å². The Morgan fingerprint density at radius 3 is 2.65 bits per heavy atom. The van der Waals surface area contributed by atoms with Gasteiger partial charge in [0.2, 0.25) is 5.95 Å². The van der Waals surface area contributed by atoms with Gasteiger partial charge in [0.05, 0.1) is 15.5 Å². The van der Waals surface area contributed by atoms with E-state index < -0.39 is 0 Å². The van der Waals surface area contributed by atoms with Gasteiger partial charge in [-0.2, -0.15) is 0 Å². The summed E-state index contributed by atoms with van der Waals surface area (Å²) in [6, 6.07) is 0.333. The largest absolute Gasteiger partial charge is 0.368 e. The van der Waals surface area contributed by atoms with E-state index in [0.717, 1.165) is 20.8 Å². The lowest BCUT2D eigenvalue weighted by Gasteiger charge is -2.14. The number of nitrogen functional groups attached to an aromatic ring is 1.